The van der Waals surface area contributed by atoms with E-state index in [0.29, 0.717) is 19.3 Å². The molecule has 0 amide bonds. The Morgan fingerprint density at radius 2 is 2.37 bits per heavy atom. The molecule has 0 saturated carbocycles. The fourth-order valence-corrected chi connectivity index (χ4v) is 1.93. The number of hydrogen-bond donors (Lipinski definition) is 1. The highest BCUT2D eigenvalue weighted by Crippen LogP contribution is 2.11. The van der Waals surface area contributed by atoms with Crippen LogP contribution in [0.15, 0.2) is 17.8 Å². The Morgan fingerprint density at radius 1 is 1.58 bits per heavy atom. The van der Waals surface area contributed by atoms with Crippen molar-refractivity contribution in [2.45, 2.75) is 26.6 Å². The first-order valence-electron chi connectivity index (χ1n) is 5.90. The maximum absolute atomic E-state index is 9.88. The standard InChI is InChI=1S/C7H6N2O2S.C5H13NO/c10-5-11-4-6-3-9-1-2-12-7(9)8-6;1-5(2)7-4-6-3/h1-3,5H,4H2;5-6H,4H2,1-3H3. The quantitative estimate of drug-likeness (QED) is 0.646. The monoisotopic (exact) mass is 285 g/mol. The van der Waals surface area contributed by atoms with Gasteiger partial charge in [0.05, 0.1) is 18.5 Å². The van der Waals surface area contributed by atoms with Crippen molar-refractivity contribution in [2.24, 2.45) is 0 Å². The summed E-state index contributed by atoms with van der Waals surface area (Å²) in [7, 11) is 1.86. The van der Waals surface area contributed by atoms with Crippen molar-refractivity contribution in [3.8, 4) is 0 Å². The van der Waals surface area contributed by atoms with Crippen LogP contribution in [0.25, 0.3) is 4.96 Å². The number of ether oxygens (including phenoxy) is 2. The van der Waals surface area contributed by atoms with Crippen LogP contribution in [0.3, 0.4) is 0 Å². The fourth-order valence-electron chi connectivity index (χ4n) is 1.22. The molecule has 0 fully saturated rings. The third kappa shape index (κ3) is 5.82. The van der Waals surface area contributed by atoms with E-state index in [9.17, 15) is 4.79 Å². The van der Waals surface area contributed by atoms with E-state index >= 15 is 0 Å². The number of hydrogen-bond acceptors (Lipinski definition) is 6. The summed E-state index contributed by atoms with van der Waals surface area (Å²) >= 11 is 1.55. The number of nitrogens with zero attached hydrogens (tertiary/aromatic N) is 2. The van der Waals surface area contributed by atoms with Gasteiger partial charge in [0.2, 0.25) is 0 Å². The molecule has 7 heteroatoms. The topological polar surface area (TPSA) is 64.9 Å². The van der Waals surface area contributed by atoms with Crippen LogP contribution >= 0.6 is 11.3 Å². The molecule has 0 saturated heterocycles. The van der Waals surface area contributed by atoms with E-state index in [1.807, 2.05) is 43.1 Å². The average molecular weight is 285 g/mol. The van der Waals surface area contributed by atoms with Gasteiger partial charge in [-0.1, -0.05) is 0 Å². The van der Waals surface area contributed by atoms with Crippen LogP contribution in [0.1, 0.15) is 19.5 Å². The smallest absolute Gasteiger partial charge is 0.293 e. The number of fused-ring (bicyclic) bond motifs is 1. The zero-order chi connectivity index (χ0) is 14.1. The van der Waals surface area contributed by atoms with E-state index in [4.69, 9.17) is 4.74 Å². The fraction of sp³-hybridized carbons (Fsp3) is 0.500. The van der Waals surface area contributed by atoms with E-state index in [1.165, 1.54) is 0 Å². The largest absolute Gasteiger partial charge is 0.461 e. The number of rotatable bonds is 6. The summed E-state index contributed by atoms with van der Waals surface area (Å²) in [5, 5.41) is 4.83. The van der Waals surface area contributed by atoms with Gasteiger partial charge in [0.15, 0.2) is 4.96 Å². The molecule has 0 bridgehead atoms. The van der Waals surface area contributed by atoms with E-state index in [0.717, 1.165) is 10.7 Å². The van der Waals surface area contributed by atoms with Gasteiger partial charge in [0.1, 0.15) is 6.61 Å². The molecule has 0 aliphatic carbocycles. The van der Waals surface area contributed by atoms with E-state index in [1.54, 1.807) is 11.3 Å². The lowest BCUT2D eigenvalue weighted by atomic mass is 10.5. The average Bonchev–Trinajstić information content (AvgIpc) is 2.95. The Bertz CT molecular complexity index is 453. The minimum atomic E-state index is 0.248. The molecule has 2 heterocycles. The zero-order valence-electron chi connectivity index (χ0n) is 11.3. The van der Waals surface area contributed by atoms with E-state index < -0.39 is 0 Å². The molecule has 106 valence electrons. The molecule has 2 aromatic rings. The van der Waals surface area contributed by atoms with Gasteiger partial charge in [-0.15, -0.1) is 11.3 Å². The van der Waals surface area contributed by atoms with Crippen molar-refractivity contribution in [2.75, 3.05) is 13.8 Å². The molecule has 0 atom stereocenters. The van der Waals surface area contributed by atoms with Crippen molar-refractivity contribution in [3.63, 3.8) is 0 Å². The summed E-state index contributed by atoms with van der Waals surface area (Å²) in [5.41, 5.74) is 0.772. The summed E-state index contributed by atoms with van der Waals surface area (Å²) in [6.45, 7) is 5.34. The number of thiazole rings is 1. The molecule has 0 radical (unpaired) electrons. The molecule has 0 unspecified atom stereocenters. The van der Waals surface area contributed by atoms with Gasteiger partial charge in [0.25, 0.3) is 6.47 Å². The van der Waals surface area contributed by atoms with Crippen molar-refractivity contribution in [1.82, 2.24) is 14.7 Å². The van der Waals surface area contributed by atoms with Gasteiger partial charge in [0, 0.05) is 17.8 Å². The summed E-state index contributed by atoms with van der Waals surface area (Å²) < 4.78 is 11.5. The molecular formula is C12H19N3O3S. The lowest BCUT2D eigenvalue weighted by Crippen LogP contribution is -2.15. The molecule has 2 aromatic heterocycles. The number of aromatic nitrogens is 2. The summed E-state index contributed by atoms with van der Waals surface area (Å²) in [4.78, 5) is 15.0. The highest BCUT2D eigenvalue weighted by Gasteiger charge is 2.01. The SMILES string of the molecule is CNCOC(C)C.O=COCc1cn2ccsc2n1. The van der Waals surface area contributed by atoms with Gasteiger partial charge >= 0.3 is 0 Å². The van der Waals surface area contributed by atoms with Crippen LogP contribution in [0.5, 0.6) is 0 Å². The third-order valence-electron chi connectivity index (χ3n) is 2.00. The van der Waals surface area contributed by atoms with Gasteiger partial charge < -0.3 is 9.47 Å². The maximum Gasteiger partial charge on any atom is 0.293 e. The molecule has 0 aromatic carbocycles. The summed E-state index contributed by atoms with van der Waals surface area (Å²) in [5.74, 6) is 0. The molecule has 6 nitrogen and oxygen atoms in total. The molecular weight excluding hydrogens is 266 g/mol. The van der Waals surface area contributed by atoms with Crippen LogP contribution < -0.4 is 5.32 Å². The second-order valence-corrected chi connectivity index (χ2v) is 4.82. The molecule has 2 rings (SSSR count). The van der Waals surface area contributed by atoms with E-state index in [-0.39, 0.29) is 6.61 Å². The Morgan fingerprint density at radius 3 is 2.89 bits per heavy atom. The Kier molecular flexibility index (Phi) is 7.09. The van der Waals surface area contributed by atoms with Gasteiger partial charge in [-0.25, -0.2) is 4.98 Å². The molecule has 0 spiro atoms. The summed E-state index contributed by atoms with van der Waals surface area (Å²) in [6.07, 6.45) is 4.10. The van der Waals surface area contributed by atoms with Gasteiger partial charge in [-0.05, 0) is 20.9 Å². The number of imidazole rings is 1. The second kappa shape index (κ2) is 8.63. The zero-order valence-corrected chi connectivity index (χ0v) is 12.1. The number of carbonyl (C=O) groups excluding carboxylic acids is 1. The van der Waals surface area contributed by atoms with Crippen molar-refractivity contribution in [1.29, 1.82) is 0 Å². The molecule has 0 aliphatic rings. The minimum absolute atomic E-state index is 0.248. The molecule has 19 heavy (non-hydrogen) atoms. The van der Waals surface area contributed by atoms with Crippen LogP contribution in [0.2, 0.25) is 0 Å². The molecule has 0 aliphatic heterocycles. The second-order valence-electron chi connectivity index (χ2n) is 3.95. The first-order valence-corrected chi connectivity index (χ1v) is 6.77. The van der Waals surface area contributed by atoms with Gasteiger partial charge in [-0.3, -0.25) is 14.5 Å². The Hall–Kier alpha value is -1.44. The van der Waals surface area contributed by atoms with Crippen LogP contribution in [-0.4, -0.2) is 35.7 Å². The third-order valence-corrected chi connectivity index (χ3v) is 2.77. The maximum atomic E-state index is 9.88. The Balaban J connectivity index is 0.000000224. The van der Waals surface area contributed by atoms with Crippen molar-refractivity contribution >= 4 is 22.8 Å². The van der Waals surface area contributed by atoms with Crippen molar-refractivity contribution < 1.29 is 14.3 Å². The van der Waals surface area contributed by atoms with Crippen LogP contribution in [0, 0.1) is 0 Å². The number of carbonyl (C=O) groups is 1. The first kappa shape index (κ1) is 15.6. The van der Waals surface area contributed by atoms with Crippen LogP contribution in [-0.2, 0) is 20.9 Å². The minimum Gasteiger partial charge on any atom is -0.461 e. The first-order chi connectivity index (χ1) is 9.17. The lowest BCUT2D eigenvalue weighted by molar-refractivity contribution is -0.129. The van der Waals surface area contributed by atoms with Crippen molar-refractivity contribution in [3.05, 3.63) is 23.5 Å². The predicted molar refractivity (Wildman–Crippen MR) is 74.1 cm³/mol. The lowest BCUT2D eigenvalue weighted by Gasteiger charge is -2.03. The van der Waals surface area contributed by atoms with Gasteiger partial charge in [-0.2, -0.15) is 0 Å². The highest BCUT2D eigenvalue weighted by atomic mass is 32.1. The summed E-state index contributed by atoms with van der Waals surface area (Å²) in [6, 6.07) is 0. The Labute approximate surface area is 116 Å². The number of nitrogens with one attached hydrogen (secondary N) is 1. The highest BCUT2D eigenvalue weighted by molar-refractivity contribution is 7.15. The normalized spacial score (nSPS) is 10.3. The van der Waals surface area contributed by atoms with Crippen LogP contribution in [0.4, 0.5) is 0 Å². The van der Waals surface area contributed by atoms with E-state index in [2.05, 4.69) is 15.0 Å². The predicted octanol–water partition coefficient (Wildman–Crippen LogP) is 1.66. The molecule has 1 N–H and O–H groups in total.